The Hall–Kier alpha value is -3.47. The molecule has 1 fully saturated rings. The summed E-state index contributed by atoms with van der Waals surface area (Å²) in [6, 6.07) is 19.4. The first-order valence-corrected chi connectivity index (χ1v) is 15.4. The van der Waals surface area contributed by atoms with Gasteiger partial charge in [0, 0.05) is 18.7 Å². The highest BCUT2D eigenvalue weighted by atomic mass is 32.2. The van der Waals surface area contributed by atoms with E-state index in [1.165, 1.54) is 27.8 Å². The Morgan fingerprint density at radius 1 is 1.15 bits per heavy atom. The van der Waals surface area contributed by atoms with Crippen molar-refractivity contribution >= 4 is 48.3 Å². The summed E-state index contributed by atoms with van der Waals surface area (Å²) in [5, 5.41) is 0.574. The average molecular weight is 564 g/mol. The fourth-order valence-corrected chi connectivity index (χ4v) is 7.62. The summed E-state index contributed by atoms with van der Waals surface area (Å²) >= 11 is 1.43. The first-order valence-electron chi connectivity index (χ1n) is 13.1. The molecular formula is C29H29N3O5S2. The van der Waals surface area contributed by atoms with Gasteiger partial charge in [0.25, 0.3) is 15.9 Å². The van der Waals surface area contributed by atoms with E-state index in [9.17, 15) is 13.2 Å². The fraction of sp³-hybridized carbons (Fsp3) is 0.310. The van der Waals surface area contributed by atoms with Crippen LogP contribution in [-0.2, 0) is 21.2 Å². The lowest BCUT2D eigenvalue weighted by Gasteiger charge is -2.23. The zero-order chi connectivity index (χ0) is 27.0. The van der Waals surface area contributed by atoms with Crippen LogP contribution in [0.5, 0.6) is 5.75 Å². The smallest absolute Gasteiger partial charge is 0.264 e. The van der Waals surface area contributed by atoms with Crippen molar-refractivity contribution in [3.63, 3.8) is 0 Å². The molecule has 2 aliphatic heterocycles. The Morgan fingerprint density at radius 2 is 1.97 bits per heavy atom. The quantitative estimate of drug-likeness (QED) is 0.290. The molecule has 3 heterocycles. The molecule has 8 nitrogen and oxygen atoms in total. The number of thiazole rings is 1. The van der Waals surface area contributed by atoms with Gasteiger partial charge in [-0.1, -0.05) is 29.5 Å². The Bertz CT molecular complexity index is 1610. The van der Waals surface area contributed by atoms with Gasteiger partial charge in [-0.25, -0.2) is 13.4 Å². The van der Waals surface area contributed by atoms with E-state index in [1.807, 2.05) is 49.4 Å². The highest BCUT2D eigenvalue weighted by molar-refractivity contribution is 7.92. The van der Waals surface area contributed by atoms with Gasteiger partial charge >= 0.3 is 0 Å². The molecule has 2 aliphatic rings. The number of hydrogen-bond acceptors (Lipinski definition) is 7. The molecule has 3 aromatic carbocycles. The van der Waals surface area contributed by atoms with Gasteiger partial charge in [0.05, 0.1) is 40.1 Å². The van der Waals surface area contributed by atoms with Crippen LogP contribution in [0.1, 0.15) is 35.7 Å². The third-order valence-corrected chi connectivity index (χ3v) is 9.95. The molecule has 39 heavy (non-hydrogen) atoms. The number of hydrogen-bond donors (Lipinski definition) is 0. The number of para-hydroxylation sites is 1. The molecule has 0 radical (unpaired) electrons. The first kappa shape index (κ1) is 25.8. The molecule has 1 amide bonds. The van der Waals surface area contributed by atoms with Crippen molar-refractivity contribution < 1.29 is 22.7 Å². The second kappa shape index (κ2) is 10.6. The van der Waals surface area contributed by atoms with Crippen LogP contribution in [0.2, 0.25) is 0 Å². The Balaban J connectivity index is 1.29. The predicted molar refractivity (Wildman–Crippen MR) is 153 cm³/mol. The zero-order valence-corrected chi connectivity index (χ0v) is 23.2. The van der Waals surface area contributed by atoms with Crippen LogP contribution in [0.25, 0.3) is 10.2 Å². The van der Waals surface area contributed by atoms with Crippen LogP contribution >= 0.6 is 11.3 Å². The van der Waals surface area contributed by atoms with Crippen molar-refractivity contribution in [2.75, 3.05) is 35.5 Å². The van der Waals surface area contributed by atoms with Crippen LogP contribution in [0, 0.1) is 0 Å². The van der Waals surface area contributed by atoms with E-state index in [2.05, 4.69) is 0 Å². The highest BCUT2D eigenvalue weighted by Crippen LogP contribution is 2.35. The van der Waals surface area contributed by atoms with Crippen molar-refractivity contribution in [3.8, 4) is 5.75 Å². The first-order chi connectivity index (χ1) is 18.9. The second-order valence-corrected chi connectivity index (χ2v) is 12.5. The van der Waals surface area contributed by atoms with Gasteiger partial charge in [-0.2, -0.15) is 0 Å². The molecular weight excluding hydrogens is 534 g/mol. The highest BCUT2D eigenvalue weighted by Gasteiger charge is 2.31. The van der Waals surface area contributed by atoms with Gasteiger partial charge in [-0.05, 0) is 80.3 Å². The summed E-state index contributed by atoms with van der Waals surface area (Å²) in [7, 11) is -3.75. The van der Waals surface area contributed by atoms with Gasteiger partial charge in [-0.3, -0.25) is 14.0 Å². The number of amides is 1. The van der Waals surface area contributed by atoms with Gasteiger partial charge in [0.15, 0.2) is 5.13 Å². The average Bonchev–Trinajstić information content (AvgIpc) is 3.71. The Labute approximate surface area is 231 Å². The van der Waals surface area contributed by atoms with Gasteiger partial charge < -0.3 is 9.47 Å². The van der Waals surface area contributed by atoms with E-state index in [0.717, 1.165) is 34.4 Å². The minimum absolute atomic E-state index is 0.0742. The van der Waals surface area contributed by atoms with Crippen LogP contribution in [0.3, 0.4) is 0 Å². The van der Waals surface area contributed by atoms with Crippen LogP contribution in [0.4, 0.5) is 10.8 Å². The monoisotopic (exact) mass is 563 g/mol. The number of benzene rings is 3. The number of fused-ring (bicyclic) bond motifs is 2. The van der Waals surface area contributed by atoms with Crippen LogP contribution in [0.15, 0.2) is 71.6 Å². The molecule has 0 aliphatic carbocycles. The number of ether oxygens (including phenoxy) is 2. The van der Waals surface area contributed by atoms with Gasteiger partial charge in [0.1, 0.15) is 5.75 Å². The van der Waals surface area contributed by atoms with Crippen LogP contribution in [-0.4, -0.2) is 51.7 Å². The Morgan fingerprint density at radius 3 is 2.74 bits per heavy atom. The maximum atomic E-state index is 13.8. The SMILES string of the molecule is CCOc1ccc2nc(N(CC3CCCO3)C(=O)c3ccc(S(=O)(=O)N4CCc5ccccc54)cc3)sc2c1. The van der Waals surface area contributed by atoms with Crippen molar-refractivity contribution in [2.24, 2.45) is 0 Å². The molecule has 0 bridgehead atoms. The van der Waals surface area contributed by atoms with Crippen molar-refractivity contribution in [2.45, 2.75) is 37.2 Å². The maximum absolute atomic E-state index is 13.8. The van der Waals surface area contributed by atoms with Crippen molar-refractivity contribution in [3.05, 3.63) is 77.9 Å². The maximum Gasteiger partial charge on any atom is 0.264 e. The van der Waals surface area contributed by atoms with Crippen LogP contribution < -0.4 is 13.9 Å². The van der Waals surface area contributed by atoms with E-state index in [1.54, 1.807) is 17.0 Å². The number of nitrogens with zero attached hydrogens (tertiary/aromatic N) is 3. The lowest BCUT2D eigenvalue weighted by molar-refractivity contribution is 0.0917. The fourth-order valence-electron chi connectivity index (χ4n) is 5.11. The summed E-state index contributed by atoms with van der Waals surface area (Å²) in [5.41, 5.74) is 2.91. The molecule has 0 N–H and O–H groups in total. The van der Waals surface area contributed by atoms with E-state index >= 15 is 0 Å². The molecule has 1 unspecified atom stereocenters. The third-order valence-electron chi connectivity index (χ3n) is 7.08. The minimum atomic E-state index is -3.75. The van der Waals surface area contributed by atoms with Gasteiger partial charge in [0.2, 0.25) is 0 Å². The minimum Gasteiger partial charge on any atom is -0.494 e. The summed E-state index contributed by atoms with van der Waals surface area (Å²) < 4.78 is 40.7. The second-order valence-electron chi connectivity index (χ2n) is 9.59. The summed E-state index contributed by atoms with van der Waals surface area (Å²) in [4.78, 5) is 20.4. The third kappa shape index (κ3) is 4.99. The molecule has 4 aromatic rings. The van der Waals surface area contributed by atoms with E-state index in [0.29, 0.717) is 49.1 Å². The lowest BCUT2D eigenvalue weighted by Crippen LogP contribution is -2.37. The zero-order valence-electron chi connectivity index (χ0n) is 21.6. The Kier molecular flexibility index (Phi) is 7.01. The molecule has 1 aromatic heterocycles. The number of anilines is 2. The molecule has 10 heteroatoms. The molecule has 0 saturated carbocycles. The van der Waals surface area contributed by atoms with Crippen molar-refractivity contribution in [1.82, 2.24) is 4.98 Å². The van der Waals surface area contributed by atoms with E-state index in [4.69, 9.17) is 14.5 Å². The molecule has 202 valence electrons. The number of carbonyl (C=O) groups excluding carboxylic acids is 1. The van der Waals surface area contributed by atoms with E-state index < -0.39 is 10.0 Å². The normalized spacial score (nSPS) is 16.9. The predicted octanol–water partition coefficient (Wildman–Crippen LogP) is 5.27. The van der Waals surface area contributed by atoms with Crippen molar-refractivity contribution in [1.29, 1.82) is 0 Å². The number of aromatic nitrogens is 1. The van der Waals surface area contributed by atoms with E-state index in [-0.39, 0.29) is 16.9 Å². The lowest BCUT2D eigenvalue weighted by atomic mass is 10.2. The molecule has 1 atom stereocenters. The summed E-state index contributed by atoms with van der Waals surface area (Å²) in [6.07, 6.45) is 2.43. The molecule has 6 rings (SSSR count). The molecule has 0 spiro atoms. The largest absolute Gasteiger partial charge is 0.494 e. The molecule has 1 saturated heterocycles. The standard InChI is InChI=1S/C29H29N3O5S2/c1-2-36-22-11-14-25-27(18-22)38-29(30-25)31(19-23-7-5-17-37-23)28(33)21-9-12-24(13-10-21)39(34,35)32-16-15-20-6-3-4-8-26(20)32/h3-4,6,8-14,18,23H,2,5,7,15-17,19H2,1H3. The topological polar surface area (TPSA) is 89.0 Å². The number of carbonyl (C=O) groups is 1. The summed E-state index contributed by atoms with van der Waals surface area (Å²) in [5.74, 6) is 0.514. The van der Waals surface area contributed by atoms with Gasteiger partial charge in [-0.15, -0.1) is 0 Å². The number of rotatable bonds is 8. The number of sulfonamides is 1. The summed E-state index contributed by atoms with van der Waals surface area (Å²) in [6.45, 7) is 3.96.